The van der Waals surface area contributed by atoms with E-state index < -0.39 is 0 Å². The van der Waals surface area contributed by atoms with Crippen LogP contribution < -0.4 is 10.1 Å². The van der Waals surface area contributed by atoms with Gasteiger partial charge in [-0.2, -0.15) is 0 Å². The van der Waals surface area contributed by atoms with Gasteiger partial charge in [0.1, 0.15) is 5.75 Å². The summed E-state index contributed by atoms with van der Waals surface area (Å²) in [6, 6.07) is 13.4. The largest absolute Gasteiger partial charge is 0.493 e. The predicted molar refractivity (Wildman–Crippen MR) is 91.9 cm³/mol. The Morgan fingerprint density at radius 2 is 1.87 bits per heavy atom. The van der Waals surface area contributed by atoms with Crippen LogP contribution in [0.25, 0.3) is 0 Å². The van der Waals surface area contributed by atoms with Crippen LogP contribution in [0.1, 0.15) is 23.1 Å². The fraction of sp³-hybridized carbons (Fsp3) is 0.316. The van der Waals surface area contributed by atoms with Gasteiger partial charge >= 0.3 is 0 Å². The predicted octanol–water partition coefficient (Wildman–Crippen LogP) is 3.25. The van der Waals surface area contributed by atoms with Crippen LogP contribution in [-0.2, 0) is 11.2 Å². The Balaban J connectivity index is 1.80. The third-order valence-corrected chi connectivity index (χ3v) is 3.78. The summed E-state index contributed by atoms with van der Waals surface area (Å²) in [5.41, 5.74) is 4.08. The van der Waals surface area contributed by atoms with Gasteiger partial charge in [0.2, 0.25) is 5.91 Å². The molecule has 0 aliphatic heterocycles. The number of aliphatic hydroxyl groups is 1. The van der Waals surface area contributed by atoms with Crippen molar-refractivity contribution in [1.82, 2.24) is 0 Å². The molecule has 0 aromatic heterocycles. The van der Waals surface area contributed by atoms with Crippen LogP contribution in [-0.4, -0.2) is 24.2 Å². The molecule has 2 aromatic rings. The van der Waals surface area contributed by atoms with Crippen molar-refractivity contribution in [3.63, 3.8) is 0 Å². The fourth-order valence-electron chi connectivity index (χ4n) is 2.24. The molecule has 1 amide bonds. The van der Waals surface area contributed by atoms with Gasteiger partial charge in [0.05, 0.1) is 13.0 Å². The lowest BCUT2D eigenvalue weighted by molar-refractivity contribution is -0.116. The van der Waals surface area contributed by atoms with Gasteiger partial charge in [-0.15, -0.1) is 0 Å². The number of ether oxygens (including phenoxy) is 1. The van der Waals surface area contributed by atoms with E-state index in [1.807, 2.05) is 56.3 Å². The van der Waals surface area contributed by atoms with Crippen LogP contribution in [0, 0.1) is 13.8 Å². The van der Waals surface area contributed by atoms with E-state index in [9.17, 15) is 4.79 Å². The van der Waals surface area contributed by atoms with Gasteiger partial charge < -0.3 is 15.2 Å². The van der Waals surface area contributed by atoms with E-state index in [1.54, 1.807) is 0 Å². The summed E-state index contributed by atoms with van der Waals surface area (Å²) in [4.78, 5) is 11.9. The zero-order valence-corrected chi connectivity index (χ0v) is 13.6. The Kier molecular flexibility index (Phi) is 6.18. The number of carbonyl (C=O) groups is 1. The number of carbonyl (C=O) groups excluding carboxylic acids is 1. The molecular formula is C19H23NO3. The summed E-state index contributed by atoms with van der Waals surface area (Å²) in [6.45, 7) is 4.52. The minimum absolute atomic E-state index is 0.0785. The van der Waals surface area contributed by atoms with Crippen molar-refractivity contribution in [2.75, 3.05) is 18.5 Å². The van der Waals surface area contributed by atoms with Crippen LogP contribution in [0.3, 0.4) is 0 Å². The monoisotopic (exact) mass is 313 g/mol. The number of amides is 1. The quantitative estimate of drug-likeness (QED) is 0.825. The van der Waals surface area contributed by atoms with Gasteiger partial charge in [-0.25, -0.2) is 0 Å². The molecule has 122 valence electrons. The smallest absolute Gasteiger partial charge is 0.227 e. The van der Waals surface area contributed by atoms with Crippen LogP contribution >= 0.6 is 0 Å². The minimum Gasteiger partial charge on any atom is -0.493 e. The Morgan fingerprint density at radius 1 is 1.13 bits per heavy atom. The molecule has 0 atom stereocenters. The van der Waals surface area contributed by atoms with Crippen molar-refractivity contribution in [2.45, 2.75) is 26.7 Å². The third kappa shape index (κ3) is 5.11. The molecule has 2 aromatic carbocycles. The molecule has 0 bridgehead atoms. The summed E-state index contributed by atoms with van der Waals surface area (Å²) in [6.07, 6.45) is 0.920. The number of anilines is 1. The highest BCUT2D eigenvalue weighted by molar-refractivity contribution is 5.90. The lowest BCUT2D eigenvalue weighted by Gasteiger charge is -2.11. The maximum absolute atomic E-state index is 11.9. The van der Waals surface area contributed by atoms with E-state index in [1.165, 1.54) is 5.56 Å². The SMILES string of the molecule is Cc1cccc(OCCC(=O)Nc2ccc(CCO)cc2)c1C. The van der Waals surface area contributed by atoms with Crippen molar-refractivity contribution in [2.24, 2.45) is 0 Å². The van der Waals surface area contributed by atoms with E-state index >= 15 is 0 Å². The number of hydrogen-bond acceptors (Lipinski definition) is 3. The summed E-state index contributed by atoms with van der Waals surface area (Å²) in [5.74, 6) is 0.747. The molecule has 4 nitrogen and oxygen atoms in total. The molecule has 0 radical (unpaired) electrons. The zero-order chi connectivity index (χ0) is 16.7. The second kappa shape index (κ2) is 8.34. The number of aliphatic hydroxyl groups excluding tert-OH is 1. The van der Waals surface area contributed by atoms with Crippen LogP contribution in [0.2, 0.25) is 0 Å². The number of nitrogens with one attached hydrogen (secondary N) is 1. The van der Waals surface area contributed by atoms with E-state index in [4.69, 9.17) is 9.84 Å². The maximum Gasteiger partial charge on any atom is 0.227 e. The number of benzene rings is 2. The molecule has 0 aliphatic carbocycles. The molecule has 0 saturated carbocycles. The first kappa shape index (κ1) is 17.0. The Hall–Kier alpha value is -2.33. The highest BCUT2D eigenvalue weighted by atomic mass is 16.5. The number of aryl methyl sites for hydroxylation is 1. The fourth-order valence-corrected chi connectivity index (χ4v) is 2.24. The molecule has 0 heterocycles. The van der Waals surface area contributed by atoms with Crippen molar-refractivity contribution in [1.29, 1.82) is 0 Å². The Bertz CT molecular complexity index is 650. The zero-order valence-electron chi connectivity index (χ0n) is 13.6. The summed E-state index contributed by atoms with van der Waals surface area (Å²) < 4.78 is 5.69. The lowest BCUT2D eigenvalue weighted by atomic mass is 10.1. The maximum atomic E-state index is 11.9. The average Bonchev–Trinajstić information content (AvgIpc) is 2.54. The lowest BCUT2D eigenvalue weighted by Crippen LogP contribution is -2.15. The van der Waals surface area contributed by atoms with Gasteiger partial charge in [-0.05, 0) is 55.2 Å². The molecule has 2 N–H and O–H groups in total. The molecular weight excluding hydrogens is 290 g/mol. The molecule has 2 rings (SSSR count). The second-order valence-corrected chi connectivity index (χ2v) is 5.52. The molecule has 0 unspecified atom stereocenters. The van der Waals surface area contributed by atoms with E-state index in [-0.39, 0.29) is 12.5 Å². The molecule has 23 heavy (non-hydrogen) atoms. The Labute approximate surface area is 137 Å². The molecule has 4 heteroatoms. The molecule has 0 fully saturated rings. The first-order valence-corrected chi connectivity index (χ1v) is 7.79. The van der Waals surface area contributed by atoms with E-state index in [0.29, 0.717) is 19.4 Å². The average molecular weight is 313 g/mol. The van der Waals surface area contributed by atoms with Crippen molar-refractivity contribution in [3.05, 3.63) is 59.2 Å². The van der Waals surface area contributed by atoms with Crippen molar-refractivity contribution < 1.29 is 14.6 Å². The number of hydrogen-bond donors (Lipinski definition) is 2. The van der Waals surface area contributed by atoms with Gasteiger partial charge in [-0.1, -0.05) is 24.3 Å². The van der Waals surface area contributed by atoms with Crippen LogP contribution in [0.4, 0.5) is 5.69 Å². The van der Waals surface area contributed by atoms with E-state index in [0.717, 1.165) is 22.6 Å². The van der Waals surface area contributed by atoms with Crippen molar-refractivity contribution in [3.8, 4) is 5.75 Å². The Morgan fingerprint density at radius 3 is 2.57 bits per heavy atom. The van der Waals surface area contributed by atoms with Gasteiger partial charge in [0, 0.05) is 12.3 Å². The first-order valence-electron chi connectivity index (χ1n) is 7.79. The second-order valence-electron chi connectivity index (χ2n) is 5.52. The van der Waals surface area contributed by atoms with Gasteiger partial charge in [0.25, 0.3) is 0 Å². The highest BCUT2D eigenvalue weighted by Gasteiger charge is 2.05. The summed E-state index contributed by atoms with van der Waals surface area (Å²) in [7, 11) is 0. The first-order chi connectivity index (χ1) is 11.1. The van der Waals surface area contributed by atoms with Gasteiger partial charge in [-0.3, -0.25) is 4.79 Å². The molecule has 0 spiro atoms. The third-order valence-electron chi connectivity index (χ3n) is 3.78. The topological polar surface area (TPSA) is 58.6 Å². The summed E-state index contributed by atoms with van der Waals surface area (Å²) >= 11 is 0. The normalized spacial score (nSPS) is 10.4. The van der Waals surface area contributed by atoms with Gasteiger partial charge in [0.15, 0.2) is 0 Å². The highest BCUT2D eigenvalue weighted by Crippen LogP contribution is 2.20. The van der Waals surface area contributed by atoms with Crippen LogP contribution in [0.5, 0.6) is 5.75 Å². The van der Waals surface area contributed by atoms with E-state index in [2.05, 4.69) is 5.32 Å². The molecule has 0 saturated heterocycles. The standard InChI is InChI=1S/C19H23NO3/c1-14-4-3-5-18(15(14)2)23-13-11-19(22)20-17-8-6-16(7-9-17)10-12-21/h3-9,21H,10-13H2,1-2H3,(H,20,22). The van der Waals surface area contributed by atoms with Crippen LogP contribution in [0.15, 0.2) is 42.5 Å². The number of rotatable bonds is 7. The summed E-state index contributed by atoms with van der Waals surface area (Å²) in [5, 5.41) is 11.7. The van der Waals surface area contributed by atoms with Crippen molar-refractivity contribution >= 4 is 11.6 Å². The minimum atomic E-state index is -0.0785. The molecule has 0 aliphatic rings.